The fourth-order valence-corrected chi connectivity index (χ4v) is 4.51. The summed E-state index contributed by atoms with van der Waals surface area (Å²) >= 11 is 0. The van der Waals surface area contributed by atoms with Crippen LogP contribution in [0.15, 0.2) is 94.6 Å². The summed E-state index contributed by atoms with van der Waals surface area (Å²) in [6.07, 6.45) is 0. The smallest absolute Gasteiger partial charge is 0.295 e. The molecular weight excluding hydrogens is 440 g/mol. The number of nitrogens with zero attached hydrogens (tertiary/aromatic N) is 2. The van der Waals surface area contributed by atoms with E-state index in [0.29, 0.717) is 11.4 Å². The van der Waals surface area contributed by atoms with Crippen molar-refractivity contribution in [2.45, 2.75) is 11.8 Å². The average Bonchev–Trinajstić information content (AvgIpc) is 3.03. The van der Waals surface area contributed by atoms with Crippen molar-refractivity contribution in [1.29, 1.82) is 0 Å². The maximum atomic E-state index is 13.0. The second kappa shape index (κ2) is 8.79. The molecule has 0 saturated heterocycles. The molecule has 0 unspecified atom stereocenters. The van der Waals surface area contributed by atoms with Crippen LogP contribution < -0.4 is 15.6 Å². The van der Waals surface area contributed by atoms with Crippen molar-refractivity contribution in [2.24, 2.45) is 7.05 Å². The maximum absolute atomic E-state index is 13.0. The van der Waals surface area contributed by atoms with Crippen molar-refractivity contribution >= 4 is 27.3 Å². The molecule has 0 fully saturated rings. The molecule has 0 bridgehead atoms. The van der Waals surface area contributed by atoms with Crippen molar-refractivity contribution in [3.8, 4) is 5.69 Å². The van der Waals surface area contributed by atoms with Gasteiger partial charge in [0.05, 0.1) is 16.3 Å². The van der Waals surface area contributed by atoms with Crippen LogP contribution in [0, 0.1) is 6.92 Å². The van der Waals surface area contributed by atoms with Crippen LogP contribution in [0.25, 0.3) is 5.69 Å². The first-order valence-corrected chi connectivity index (χ1v) is 11.6. The Labute approximate surface area is 191 Å². The van der Waals surface area contributed by atoms with Crippen LogP contribution in [0.1, 0.15) is 16.1 Å². The van der Waals surface area contributed by atoms with Crippen LogP contribution in [-0.2, 0) is 17.1 Å². The molecule has 0 aliphatic heterocycles. The molecule has 0 aliphatic rings. The average molecular weight is 463 g/mol. The van der Waals surface area contributed by atoms with Gasteiger partial charge in [-0.3, -0.25) is 19.0 Å². The third-order valence-corrected chi connectivity index (χ3v) is 6.62. The van der Waals surface area contributed by atoms with Gasteiger partial charge in [-0.2, -0.15) is 0 Å². The number of amides is 1. The number of benzene rings is 3. The van der Waals surface area contributed by atoms with E-state index in [4.69, 9.17) is 0 Å². The minimum Gasteiger partial charge on any atom is -0.316 e. The number of aromatic nitrogens is 2. The third-order valence-electron chi connectivity index (χ3n) is 5.22. The van der Waals surface area contributed by atoms with Crippen LogP contribution in [0.4, 0.5) is 11.4 Å². The highest BCUT2D eigenvalue weighted by Crippen LogP contribution is 2.19. The molecule has 1 aromatic heterocycles. The Morgan fingerprint density at radius 3 is 2.18 bits per heavy atom. The maximum Gasteiger partial charge on any atom is 0.295 e. The highest BCUT2D eigenvalue weighted by Gasteiger charge is 2.19. The summed E-state index contributed by atoms with van der Waals surface area (Å²) in [7, 11) is -2.06. The van der Waals surface area contributed by atoms with Crippen molar-refractivity contribution in [3.05, 3.63) is 107 Å². The minimum atomic E-state index is -3.80. The predicted octanol–water partition coefficient (Wildman–Crippen LogP) is 3.54. The molecule has 168 valence electrons. The third kappa shape index (κ3) is 4.44. The molecular formula is C24H22N4O4S. The quantitative estimate of drug-likeness (QED) is 0.458. The Morgan fingerprint density at radius 2 is 1.52 bits per heavy atom. The van der Waals surface area contributed by atoms with E-state index in [1.165, 1.54) is 22.9 Å². The van der Waals surface area contributed by atoms with Crippen LogP contribution in [0.3, 0.4) is 0 Å². The van der Waals surface area contributed by atoms with Gasteiger partial charge in [0.2, 0.25) is 0 Å². The first kappa shape index (κ1) is 22.1. The number of sulfonamides is 1. The fourth-order valence-electron chi connectivity index (χ4n) is 3.44. The number of anilines is 2. The summed E-state index contributed by atoms with van der Waals surface area (Å²) in [5.74, 6) is -0.526. The second-order valence-corrected chi connectivity index (χ2v) is 9.07. The summed E-state index contributed by atoms with van der Waals surface area (Å²) < 4.78 is 30.8. The molecule has 0 spiro atoms. The number of para-hydroxylation sites is 1. The van der Waals surface area contributed by atoms with Crippen molar-refractivity contribution in [3.63, 3.8) is 0 Å². The minimum absolute atomic E-state index is 0.112. The zero-order chi connectivity index (χ0) is 23.6. The lowest BCUT2D eigenvalue weighted by Gasteiger charge is -2.10. The van der Waals surface area contributed by atoms with Crippen molar-refractivity contribution < 1.29 is 13.2 Å². The SMILES string of the molecule is Cc1c(NC(=O)c2cccc(NS(=O)(=O)c3ccccc3)c2)c(=O)n(-c2ccccc2)n1C. The molecule has 0 atom stereocenters. The number of hydrogen-bond donors (Lipinski definition) is 2. The largest absolute Gasteiger partial charge is 0.316 e. The molecule has 0 saturated carbocycles. The van der Waals surface area contributed by atoms with E-state index in [2.05, 4.69) is 10.0 Å². The van der Waals surface area contributed by atoms with Crippen LogP contribution in [0.2, 0.25) is 0 Å². The molecule has 8 nitrogen and oxygen atoms in total. The Hall–Kier alpha value is -4.11. The van der Waals surface area contributed by atoms with Gasteiger partial charge in [-0.15, -0.1) is 0 Å². The normalized spacial score (nSPS) is 11.2. The van der Waals surface area contributed by atoms with Crippen LogP contribution >= 0.6 is 0 Å². The highest BCUT2D eigenvalue weighted by molar-refractivity contribution is 7.92. The van der Waals surface area contributed by atoms with Gasteiger partial charge in [0, 0.05) is 18.3 Å². The Kier molecular flexibility index (Phi) is 5.89. The van der Waals surface area contributed by atoms with E-state index in [1.54, 1.807) is 67.2 Å². The molecule has 0 aliphatic carbocycles. The van der Waals surface area contributed by atoms with Gasteiger partial charge in [0.1, 0.15) is 5.69 Å². The first-order chi connectivity index (χ1) is 15.8. The molecule has 1 heterocycles. The zero-order valence-corrected chi connectivity index (χ0v) is 18.8. The van der Waals surface area contributed by atoms with E-state index in [0.717, 1.165) is 0 Å². The fraction of sp³-hybridized carbons (Fsp3) is 0.0833. The topological polar surface area (TPSA) is 102 Å². The van der Waals surface area contributed by atoms with Gasteiger partial charge < -0.3 is 5.32 Å². The van der Waals surface area contributed by atoms with E-state index in [-0.39, 0.29) is 27.4 Å². The van der Waals surface area contributed by atoms with Gasteiger partial charge in [-0.1, -0.05) is 42.5 Å². The molecule has 0 radical (unpaired) electrons. The number of hydrogen-bond acceptors (Lipinski definition) is 4. The lowest BCUT2D eigenvalue weighted by Crippen LogP contribution is -2.23. The number of carbonyl (C=O) groups excluding carboxylic acids is 1. The number of carbonyl (C=O) groups is 1. The first-order valence-electron chi connectivity index (χ1n) is 10.1. The highest BCUT2D eigenvalue weighted by atomic mass is 32.2. The molecule has 1 amide bonds. The number of nitrogens with one attached hydrogen (secondary N) is 2. The zero-order valence-electron chi connectivity index (χ0n) is 18.0. The van der Waals surface area contributed by atoms with E-state index < -0.39 is 15.9 Å². The Balaban J connectivity index is 1.60. The molecule has 3 aromatic carbocycles. The summed E-state index contributed by atoms with van der Waals surface area (Å²) in [6, 6.07) is 23.1. The van der Waals surface area contributed by atoms with Gasteiger partial charge in [0.15, 0.2) is 0 Å². The Morgan fingerprint density at radius 1 is 0.879 bits per heavy atom. The lowest BCUT2D eigenvalue weighted by atomic mass is 10.2. The van der Waals surface area contributed by atoms with E-state index in [9.17, 15) is 18.0 Å². The van der Waals surface area contributed by atoms with Gasteiger partial charge in [0.25, 0.3) is 21.5 Å². The summed E-state index contributed by atoms with van der Waals surface area (Å²) in [4.78, 5) is 26.1. The molecule has 9 heteroatoms. The number of rotatable bonds is 6. The van der Waals surface area contributed by atoms with Gasteiger partial charge in [-0.25, -0.2) is 13.1 Å². The monoisotopic (exact) mass is 462 g/mol. The van der Waals surface area contributed by atoms with Crippen molar-refractivity contribution in [2.75, 3.05) is 10.0 Å². The van der Waals surface area contributed by atoms with Gasteiger partial charge >= 0.3 is 0 Å². The summed E-state index contributed by atoms with van der Waals surface area (Å²) in [5.41, 5.74) is 1.48. The van der Waals surface area contributed by atoms with E-state index >= 15 is 0 Å². The van der Waals surface area contributed by atoms with E-state index in [1.807, 2.05) is 18.2 Å². The molecule has 33 heavy (non-hydrogen) atoms. The molecule has 2 N–H and O–H groups in total. The molecule has 4 aromatic rings. The molecule has 4 rings (SSSR count). The Bertz CT molecular complexity index is 1470. The predicted molar refractivity (Wildman–Crippen MR) is 127 cm³/mol. The lowest BCUT2D eigenvalue weighted by molar-refractivity contribution is 0.102. The summed E-state index contributed by atoms with van der Waals surface area (Å²) in [6.45, 7) is 1.74. The van der Waals surface area contributed by atoms with Crippen LogP contribution in [0.5, 0.6) is 0 Å². The standard InChI is InChI=1S/C24H22N4O4S/c1-17-22(24(30)28(27(17)2)20-12-5-3-6-13-20)25-23(29)18-10-9-11-19(16-18)26-33(31,32)21-14-7-4-8-15-21/h3-16,26H,1-2H3,(H,25,29). The van der Waals surface area contributed by atoms with Crippen LogP contribution in [-0.4, -0.2) is 23.7 Å². The second-order valence-electron chi connectivity index (χ2n) is 7.39. The summed E-state index contributed by atoms with van der Waals surface area (Å²) in [5, 5.41) is 2.68. The van der Waals surface area contributed by atoms with Crippen molar-refractivity contribution in [1.82, 2.24) is 9.36 Å². The van der Waals surface area contributed by atoms with Gasteiger partial charge in [-0.05, 0) is 49.4 Å².